The number of halogens is 2. The molecule has 2 aromatic rings. The second kappa shape index (κ2) is 10.6. The number of hydrogen-bond acceptors (Lipinski definition) is 6. The maximum atomic E-state index is 10.1. The number of ether oxygens (including phenoxy) is 2. The fourth-order valence-electron chi connectivity index (χ4n) is 1.93. The van der Waals surface area contributed by atoms with Crippen molar-refractivity contribution in [3.05, 3.63) is 46.6 Å². The van der Waals surface area contributed by atoms with E-state index in [0.717, 1.165) is 0 Å². The summed E-state index contributed by atoms with van der Waals surface area (Å²) in [4.78, 5) is 12.6. The van der Waals surface area contributed by atoms with Crippen molar-refractivity contribution >= 4 is 29.4 Å². The van der Waals surface area contributed by atoms with Crippen molar-refractivity contribution in [2.45, 2.75) is 32.0 Å². The van der Waals surface area contributed by atoms with Gasteiger partial charge in [0.15, 0.2) is 5.60 Å². The lowest BCUT2D eigenvalue weighted by atomic mass is 9.96. The molecule has 1 aromatic heterocycles. The average Bonchev–Trinajstić information content (AvgIpc) is 2.64. The predicted octanol–water partition coefficient (Wildman–Crippen LogP) is 4.84. The van der Waals surface area contributed by atoms with Crippen molar-refractivity contribution in [3.8, 4) is 23.4 Å². The lowest BCUT2D eigenvalue weighted by Crippen LogP contribution is -2.42. The minimum Gasteiger partial charge on any atom is -0.487 e. The summed E-state index contributed by atoms with van der Waals surface area (Å²) in [6, 6.07) is 10.1. The Labute approximate surface area is 171 Å². The number of carboxylic acid groups (broad SMARTS) is 2. The maximum Gasteiger partial charge on any atom is 0.503 e. The van der Waals surface area contributed by atoms with Gasteiger partial charge in [0, 0.05) is 6.20 Å². The minimum atomic E-state index is -1.83. The maximum absolute atomic E-state index is 10.1. The summed E-state index contributed by atoms with van der Waals surface area (Å²) in [5.74, 6) is 1.26. The number of pyridine rings is 1. The van der Waals surface area contributed by atoms with Gasteiger partial charge in [0.2, 0.25) is 5.88 Å². The molecule has 0 spiro atoms. The highest BCUT2D eigenvalue weighted by Gasteiger charge is 2.33. The van der Waals surface area contributed by atoms with Gasteiger partial charge in [-0.1, -0.05) is 30.1 Å². The molecule has 3 N–H and O–H groups in total. The molecule has 0 fully saturated rings. The van der Waals surface area contributed by atoms with E-state index in [2.05, 4.69) is 4.98 Å². The molecule has 0 amide bonds. The van der Waals surface area contributed by atoms with E-state index in [9.17, 15) is 5.11 Å². The molecule has 2 rings (SSSR count). The van der Waals surface area contributed by atoms with Crippen molar-refractivity contribution in [1.82, 2.24) is 4.98 Å². The van der Waals surface area contributed by atoms with Crippen LogP contribution in [0.4, 0.5) is 4.79 Å². The Morgan fingerprint density at radius 2 is 1.82 bits per heavy atom. The van der Waals surface area contributed by atoms with Crippen LogP contribution >= 0.6 is 23.2 Å². The van der Waals surface area contributed by atoms with Crippen LogP contribution in [0, 0.1) is 11.3 Å². The number of aliphatic hydroxyl groups is 1. The number of aromatic nitrogens is 1. The minimum absolute atomic E-state index is 0.243. The third kappa shape index (κ3) is 7.12. The fourth-order valence-corrected chi connectivity index (χ4v) is 2.35. The molecule has 0 bridgehead atoms. The summed E-state index contributed by atoms with van der Waals surface area (Å²) >= 11 is 11.8. The highest BCUT2D eigenvalue weighted by Crippen LogP contribution is 2.30. The number of benzene rings is 1. The van der Waals surface area contributed by atoms with E-state index >= 15 is 0 Å². The highest BCUT2D eigenvalue weighted by atomic mass is 35.5. The Hall–Kier alpha value is -2.73. The van der Waals surface area contributed by atoms with Crippen LogP contribution in [0.2, 0.25) is 10.0 Å². The Bertz CT molecular complexity index is 837. The van der Waals surface area contributed by atoms with Gasteiger partial charge in [0.05, 0.1) is 5.02 Å². The third-order valence-electron chi connectivity index (χ3n) is 3.53. The molecule has 28 heavy (non-hydrogen) atoms. The second-order valence-corrected chi connectivity index (χ2v) is 6.29. The molecule has 0 aliphatic rings. The number of nitrogens with zero attached hydrogens (tertiary/aromatic N) is 2. The van der Waals surface area contributed by atoms with Crippen LogP contribution in [0.15, 0.2) is 36.5 Å². The van der Waals surface area contributed by atoms with E-state index in [1.54, 1.807) is 38.1 Å². The van der Waals surface area contributed by atoms with E-state index in [1.807, 2.05) is 6.07 Å². The molecule has 0 aliphatic heterocycles. The molecule has 1 aromatic carbocycles. The first kappa shape index (κ1) is 23.3. The fraction of sp³-hybridized carbons (Fsp3) is 0.278. The molecule has 0 saturated carbocycles. The topological polar surface area (TPSA) is 133 Å². The highest BCUT2D eigenvalue weighted by molar-refractivity contribution is 6.35. The number of carbonyl (C=O) groups is 1. The first-order chi connectivity index (χ1) is 13.1. The summed E-state index contributed by atoms with van der Waals surface area (Å²) in [5.41, 5.74) is -1.53. The molecular formula is C18H18Cl2N2O6. The van der Waals surface area contributed by atoms with Gasteiger partial charge in [-0.05, 0) is 43.7 Å². The Balaban J connectivity index is 0.000000892. The summed E-state index contributed by atoms with van der Waals surface area (Å²) in [7, 11) is 0. The van der Waals surface area contributed by atoms with Gasteiger partial charge in [-0.2, -0.15) is 5.26 Å². The van der Waals surface area contributed by atoms with Gasteiger partial charge in [-0.15, -0.1) is 0 Å². The zero-order valence-corrected chi connectivity index (χ0v) is 16.5. The average molecular weight is 429 g/mol. The van der Waals surface area contributed by atoms with Crippen molar-refractivity contribution in [2.75, 3.05) is 0 Å². The van der Waals surface area contributed by atoms with E-state index < -0.39 is 17.9 Å². The largest absolute Gasteiger partial charge is 0.503 e. The van der Waals surface area contributed by atoms with Crippen molar-refractivity contribution < 1.29 is 29.6 Å². The molecule has 10 heteroatoms. The first-order valence-corrected chi connectivity index (χ1v) is 8.68. The van der Waals surface area contributed by atoms with Crippen molar-refractivity contribution in [2.24, 2.45) is 0 Å². The van der Waals surface area contributed by atoms with E-state index in [1.165, 1.54) is 12.3 Å². The van der Waals surface area contributed by atoms with Gasteiger partial charge in [-0.3, -0.25) is 0 Å². The lowest BCUT2D eigenvalue weighted by molar-refractivity contribution is -0.0118. The molecular weight excluding hydrogens is 411 g/mol. The normalized spacial score (nSPS) is 13.1. The summed E-state index contributed by atoms with van der Waals surface area (Å²) in [5, 5.41) is 33.8. The van der Waals surface area contributed by atoms with Gasteiger partial charge in [-0.25, -0.2) is 9.78 Å². The smallest absolute Gasteiger partial charge is 0.487 e. The standard InChI is InChI=1S/C17H16Cl2N2O3.CH2O3/c1-3-17(22,10-20)11(2)23-13-4-6-14(7-5-13)24-16-15(19)8-12(18)9-21-16;2-1(3)4/h4-9,11,22H,3H2,1-2H3;(H2,2,3,4). The molecule has 0 saturated heterocycles. The third-order valence-corrected chi connectivity index (χ3v) is 4.01. The molecule has 2 unspecified atom stereocenters. The molecule has 0 radical (unpaired) electrons. The SMILES string of the molecule is CCC(O)(C#N)C(C)Oc1ccc(Oc2ncc(Cl)cc2Cl)cc1.O=C(O)O. The van der Waals surface area contributed by atoms with E-state index in [0.29, 0.717) is 21.5 Å². The second-order valence-electron chi connectivity index (χ2n) is 5.45. The molecule has 0 aliphatic carbocycles. The zero-order chi connectivity index (χ0) is 21.3. The summed E-state index contributed by atoms with van der Waals surface area (Å²) < 4.78 is 11.2. The van der Waals surface area contributed by atoms with Crippen molar-refractivity contribution in [1.29, 1.82) is 5.26 Å². The van der Waals surface area contributed by atoms with Crippen molar-refractivity contribution in [3.63, 3.8) is 0 Å². The molecule has 1 heterocycles. The van der Waals surface area contributed by atoms with Gasteiger partial charge in [0.1, 0.15) is 28.7 Å². The van der Waals surface area contributed by atoms with Gasteiger partial charge < -0.3 is 24.8 Å². The van der Waals surface area contributed by atoms with Crippen LogP contribution in [-0.4, -0.2) is 38.2 Å². The monoisotopic (exact) mass is 428 g/mol. The predicted molar refractivity (Wildman–Crippen MR) is 102 cm³/mol. The Kier molecular flexibility index (Phi) is 8.79. The molecule has 2 atom stereocenters. The Morgan fingerprint density at radius 3 is 2.29 bits per heavy atom. The van der Waals surface area contributed by atoms with Crippen LogP contribution in [0.1, 0.15) is 20.3 Å². The number of hydrogen-bond donors (Lipinski definition) is 3. The molecule has 150 valence electrons. The number of nitriles is 1. The van der Waals surface area contributed by atoms with Crippen LogP contribution in [-0.2, 0) is 0 Å². The van der Waals surface area contributed by atoms with Crippen LogP contribution in [0.3, 0.4) is 0 Å². The summed E-state index contributed by atoms with van der Waals surface area (Å²) in [6.07, 6.45) is -0.797. The van der Waals surface area contributed by atoms with Gasteiger partial charge >= 0.3 is 6.16 Å². The van der Waals surface area contributed by atoms with Crippen LogP contribution < -0.4 is 9.47 Å². The Morgan fingerprint density at radius 1 is 1.29 bits per heavy atom. The number of rotatable bonds is 6. The van der Waals surface area contributed by atoms with Crippen LogP contribution in [0.25, 0.3) is 0 Å². The van der Waals surface area contributed by atoms with E-state index in [-0.39, 0.29) is 12.3 Å². The van der Waals surface area contributed by atoms with E-state index in [4.69, 9.17) is 52.9 Å². The zero-order valence-electron chi connectivity index (χ0n) is 15.0. The quantitative estimate of drug-likeness (QED) is 0.556. The van der Waals surface area contributed by atoms with Gasteiger partial charge in [0.25, 0.3) is 0 Å². The lowest BCUT2D eigenvalue weighted by Gasteiger charge is -2.26. The molecule has 8 nitrogen and oxygen atoms in total. The first-order valence-electron chi connectivity index (χ1n) is 7.92. The van der Waals surface area contributed by atoms with Crippen LogP contribution in [0.5, 0.6) is 17.4 Å². The summed E-state index contributed by atoms with van der Waals surface area (Å²) in [6.45, 7) is 3.37.